The van der Waals surface area contributed by atoms with Crippen LogP contribution < -0.4 is 5.32 Å². The smallest absolute Gasteiger partial charge is 0.355 e. The first-order valence-electron chi connectivity index (χ1n) is 6.59. The predicted molar refractivity (Wildman–Crippen MR) is 73.8 cm³/mol. The zero-order chi connectivity index (χ0) is 16.5. The van der Waals surface area contributed by atoms with Crippen LogP contribution in [0, 0.1) is 0 Å². The van der Waals surface area contributed by atoms with Gasteiger partial charge in [0.2, 0.25) is 0 Å². The average Bonchev–Trinajstić information content (AvgIpc) is 2.90. The highest BCUT2D eigenvalue weighted by molar-refractivity contribution is 5.95. The van der Waals surface area contributed by atoms with Crippen LogP contribution >= 0.6 is 0 Å². The quantitative estimate of drug-likeness (QED) is 0.948. The average molecular weight is 312 g/mol. The van der Waals surface area contributed by atoms with Crippen LogP contribution in [-0.2, 0) is 6.18 Å². The fourth-order valence-corrected chi connectivity index (χ4v) is 2.08. The van der Waals surface area contributed by atoms with Crippen molar-refractivity contribution in [1.82, 2.24) is 20.1 Å². The molecule has 0 bridgehead atoms. The summed E-state index contributed by atoms with van der Waals surface area (Å²) in [4.78, 5) is 15.6. The monoisotopic (exact) mass is 312 g/mol. The van der Waals surface area contributed by atoms with Gasteiger partial charge in [-0.15, -0.1) is 0 Å². The van der Waals surface area contributed by atoms with Crippen LogP contribution in [0.15, 0.2) is 24.5 Å². The third-order valence-electron chi connectivity index (χ3n) is 3.12. The third kappa shape index (κ3) is 2.95. The third-order valence-corrected chi connectivity index (χ3v) is 3.12. The number of carbonyl (C=O) groups excluding carboxylic acids is 1. The van der Waals surface area contributed by atoms with Crippen molar-refractivity contribution in [1.29, 1.82) is 0 Å². The second kappa shape index (κ2) is 5.78. The molecule has 2 aromatic heterocycles. The lowest BCUT2D eigenvalue weighted by atomic mass is 10.1. The molecule has 0 radical (unpaired) electrons. The zero-order valence-corrected chi connectivity index (χ0v) is 12.3. The SMILES string of the molecule is CNC(=O)c1cnn(-c2ccc(C(F)(F)F)cn2)c1C(C)C. The summed E-state index contributed by atoms with van der Waals surface area (Å²) in [6.07, 6.45) is -2.31. The Morgan fingerprint density at radius 1 is 1.27 bits per heavy atom. The van der Waals surface area contributed by atoms with E-state index in [0.29, 0.717) is 11.3 Å². The van der Waals surface area contributed by atoms with E-state index in [-0.39, 0.29) is 17.6 Å². The van der Waals surface area contributed by atoms with E-state index in [0.717, 1.165) is 12.3 Å². The fourth-order valence-electron chi connectivity index (χ4n) is 2.08. The lowest BCUT2D eigenvalue weighted by molar-refractivity contribution is -0.137. The molecule has 1 N–H and O–H groups in total. The topological polar surface area (TPSA) is 59.8 Å². The molecule has 0 saturated heterocycles. The van der Waals surface area contributed by atoms with E-state index in [1.54, 1.807) is 0 Å². The van der Waals surface area contributed by atoms with Crippen molar-refractivity contribution in [2.75, 3.05) is 7.05 Å². The molecular weight excluding hydrogens is 297 g/mol. The number of halogens is 3. The molecule has 0 aromatic carbocycles. The maximum absolute atomic E-state index is 12.6. The molecule has 0 aliphatic heterocycles. The largest absolute Gasteiger partial charge is 0.417 e. The van der Waals surface area contributed by atoms with Crippen molar-refractivity contribution in [3.05, 3.63) is 41.3 Å². The number of nitrogens with one attached hydrogen (secondary N) is 1. The number of aromatic nitrogens is 3. The summed E-state index contributed by atoms with van der Waals surface area (Å²) in [7, 11) is 1.50. The van der Waals surface area contributed by atoms with Crippen LogP contribution in [0.4, 0.5) is 13.2 Å². The van der Waals surface area contributed by atoms with E-state index >= 15 is 0 Å². The van der Waals surface area contributed by atoms with Gasteiger partial charge in [-0.2, -0.15) is 18.3 Å². The first kappa shape index (κ1) is 16.0. The molecule has 0 saturated carbocycles. The summed E-state index contributed by atoms with van der Waals surface area (Å²) in [6, 6.07) is 2.17. The van der Waals surface area contributed by atoms with Gasteiger partial charge in [-0.05, 0) is 18.1 Å². The van der Waals surface area contributed by atoms with E-state index < -0.39 is 11.7 Å². The molecule has 5 nitrogen and oxygen atoms in total. The van der Waals surface area contributed by atoms with Crippen molar-refractivity contribution >= 4 is 5.91 Å². The highest BCUT2D eigenvalue weighted by Crippen LogP contribution is 2.29. The molecule has 2 heterocycles. The predicted octanol–water partition coefficient (Wildman–Crippen LogP) is 2.77. The molecule has 1 amide bonds. The lowest BCUT2D eigenvalue weighted by Gasteiger charge is -2.12. The minimum atomic E-state index is -4.44. The summed E-state index contributed by atoms with van der Waals surface area (Å²) in [6.45, 7) is 3.73. The second-order valence-electron chi connectivity index (χ2n) is 4.99. The van der Waals surface area contributed by atoms with Crippen LogP contribution in [-0.4, -0.2) is 27.7 Å². The first-order valence-corrected chi connectivity index (χ1v) is 6.59. The van der Waals surface area contributed by atoms with Crippen LogP contribution in [0.2, 0.25) is 0 Å². The van der Waals surface area contributed by atoms with Gasteiger partial charge < -0.3 is 5.32 Å². The Hall–Kier alpha value is -2.38. The van der Waals surface area contributed by atoms with Gasteiger partial charge in [0.05, 0.1) is 23.0 Å². The molecule has 0 unspecified atom stereocenters. The van der Waals surface area contributed by atoms with Gasteiger partial charge in [-0.3, -0.25) is 4.79 Å². The normalized spacial score (nSPS) is 11.8. The summed E-state index contributed by atoms with van der Waals surface area (Å²) in [5, 5.41) is 6.59. The maximum Gasteiger partial charge on any atom is 0.417 e. The number of rotatable bonds is 3. The molecule has 118 valence electrons. The standard InChI is InChI=1S/C14H15F3N4O/c1-8(2)12-10(13(22)18-3)7-20-21(12)11-5-4-9(6-19-11)14(15,16)17/h4-8H,1-3H3,(H,18,22). The van der Waals surface area contributed by atoms with Gasteiger partial charge in [0.25, 0.3) is 5.91 Å². The Labute approximate surface area is 125 Å². The van der Waals surface area contributed by atoms with E-state index in [9.17, 15) is 18.0 Å². The Morgan fingerprint density at radius 3 is 2.41 bits per heavy atom. The molecule has 22 heavy (non-hydrogen) atoms. The van der Waals surface area contributed by atoms with Crippen LogP contribution in [0.3, 0.4) is 0 Å². The minimum absolute atomic E-state index is 0.0566. The lowest BCUT2D eigenvalue weighted by Crippen LogP contribution is -2.20. The Kier molecular flexibility index (Phi) is 4.20. The van der Waals surface area contributed by atoms with Crippen LogP contribution in [0.25, 0.3) is 5.82 Å². The number of carbonyl (C=O) groups is 1. The molecule has 8 heteroatoms. The Bertz CT molecular complexity index is 674. The van der Waals surface area contributed by atoms with Crippen molar-refractivity contribution in [2.45, 2.75) is 25.9 Å². The summed E-state index contributed by atoms with van der Waals surface area (Å²) in [5.41, 5.74) is 0.131. The fraction of sp³-hybridized carbons (Fsp3) is 0.357. The molecule has 0 atom stereocenters. The van der Waals surface area contributed by atoms with Crippen LogP contribution in [0.1, 0.15) is 41.4 Å². The number of hydrogen-bond donors (Lipinski definition) is 1. The molecule has 0 spiro atoms. The molecule has 2 aromatic rings. The van der Waals surface area contributed by atoms with Gasteiger partial charge in [-0.25, -0.2) is 9.67 Å². The van der Waals surface area contributed by atoms with E-state index in [1.807, 2.05) is 13.8 Å². The molecule has 2 rings (SSSR count). The Balaban J connectivity index is 2.49. The highest BCUT2D eigenvalue weighted by atomic mass is 19.4. The molecule has 0 aliphatic carbocycles. The second-order valence-corrected chi connectivity index (χ2v) is 4.99. The number of pyridine rings is 1. The van der Waals surface area contributed by atoms with Crippen molar-refractivity contribution < 1.29 is 18.0 Å². The van der Waals surface area contributed by atoms with E-state index in [4.69, 9.17) is 0 Å². The van der Waals surface area contributed by atoms with E-state index in [1.165, 1.54) is 24.0 Å². The van der Waals surface area contributed by atoms with Crippen LogP contribution in [0.5, 0.6) is 0 Å². The summed E-state index contributed by atoms with van der Waals surface area (Å²) >= 11 is 0. The molecular formula is C14H15F3N4O. The van der Waals surface area contributed by atoms with E-state index in [2.05, 4.69) is 15.4 Å². The van der Waals surface area contributed by atoms with Crippen molar-refractivity contribution in [3.8, 4) is 5.82 Å². The first-order chi connectivity index (χ1) is 10.3. The van der Waals surface area contributed by atoms with Crippen molar-refractivity contribution in [3.63, 3.8) is 0 Å². The summed E-state index contributed by atoms with van der Waals surface area (Å²) < 4.78 is 39.1. The Morgan fingerprint density at radius 2 is 1.95 bits per heavy atom. The number of nitrogens with zero attached hydrogens (tertiary/aromatic N) is 3. The number of amides is 1. The van der Waals surface area contributed by atoms with Gasteiger partial charge in [0.1, 0.15) is 0 Å². The van der Waals surface area contributed by atoms with Gasteiger partial charge >= 0.3 is 6.18 Å². The minimum Gasteiger partial charge on any atom is -0.355 e. The van der Waals surface area contributed by atoms with Crippen molar-refractivity contribution in [2.24, 2.45) is 0 Å². The molecule has 0 aliphatic rings. The highest BCUT2D eigenvalue weighted by Gasteiger charge is 2.31. The number of hydrogen-bond acceptors (Lipinski definition) is 3. The summed E-state index contributed by atoms with van der Waals surface area (Å²) in [5.74, 6) is -0.132. The maximum atomic E-state index is 12.6. The zero-order valence-electron chi connectivity index (χ0n) is 12.3. The van der Waals surface area contributed by atoms with Gasteiger partial charge in [-0.1, -0.05) is 13.8 Å². The van der Waals surface area contributed by atoms with Gasteiger partial charge in [0.15, 0.2) is 5.82 Å². The molecule has 0 fully saturated rings. The van der Waals surface area contributed by atoms with Gasteiger partial charge in [0, 0.05) is 13.2 Å². The number of alkyl halides is 3.